The Kier molecular flexibility index (Phi) is 5.53. The second kappa shape index (κ2) is 8.55. The van der Waals surface area contributed by atoms with E-state index in [1.54, 1.807) is 13.4 Å². The van der Waals surface area contributed by atoms with Crippen LogP contribution in [0.1, 0.15) is 55.3 Å². The van der Waals surface area contributed by atoms with Gasteiger partial charge in [0, 0.05) is 31.7 Å². The topological polar surface area (TPSA) is 70.5 Å². The van der Waals surface area contributed by atoms with Crippen LogP contribution in [0.3, 0.4) is 0 Å². The van der Waals surface area contributed by atoms with Crippen molar-refractivity contribution in [1.82, 2.24) is 14.9 Å². The molecule has 7 rings (SSSR count). The van der Waals surface area contributed by atoms with Gasteiger partial charge in [0.15, 0.2) is 0 Å². The van der Waals surface area contributed by atoms with E-state index in [2.05, 4.69) is 32.3 Å². The van der Waals surface area contributed by atoms with Crippen LogP contribution in [0, 0.1) is 23.2 Å². The van der Waals surface area contributed by atoms with E-state index in [4.69, 9.17) is 4.74 Å². The lowest BCUT2D eigenvalue weighted by molar-refractivity contribution is -0.115. The molecule has 1 aromatic heterocycles. The van der Waals surface area contributed by atoms with E-state index in [1.807, 2.05) is 12.1 Å². The fraction of sp³-hybridized carbons (Fsp3) is 0.630. The van der Waals surface area contributed by atoms with Crippen molar-refractivity contribution in [2.75, 3.05) is 25.5 Å². The van der Waals surface area contributed by atoms with Crippen molar-refractivity contribution in [3.8, 4) is 5.75 Å². The molecule has 6 nitrogen and oxygen atoms in total. The first-order chi connectivity index (χ1) is 16.1. The zero-order chi connectivity index (χ0) is 22.4. The first-order valence-electron chi connectivity index (χ1n) is 12.7. The molecule has 1 aromatic carbocycles. The quantitative estimate of drug-likeness (QED) is 0.666. The smallest absolute Gasteiger partial charge is 0.133 e. The lowest BCUT2D eigenvalue weighted by atomic mass is 9.48. The molecule has 2 heterocycles. The second-order valence-electron chi connectivity index (χ2n) is 11.1. The maximum Gasteiger partial charge on any atom is 0.133 e. The van der Waals surface area contributed by atoms with Crippen LogP contribution in [-0.2, 0) is 19.5 Å². The summed E-state index contributed by atoms with van der Waals surface area (Å²) in [5, 5.41) is 14.8. The number of rotatable bonds is 7. The summed E-state index contributed by atoms with van der Waals surface area (Å²) in [5.41, 5.74) is 3.72. The average Bonchev–Trinajstić information content (AvgIpc) is 2.81. The highest BCUT2D eigenvalue weighted by Crippen LogP contribution is 2.61. The molecule has 1 unspecified atom stereocenters. The number of anilines is 1. The third-order valence-corrected chi connectivity index (χ3v) is 8.88. The molecule has 6 heteroatoms. The van der Waals surface area contributed by atoms with Gasteiger partial charge in [-0.15, -0.1) is 0 Å². The number of nitrogens with one attached hydrogen (secondary N) is 1. The minimum atomic E-state index is -0.287. The summed E-state index contributed by atoms with van der Waals surface area (Å²) in [6.45, 7) is 3.28. The van der Waals surface area contributed by atoms with E-state index in [0.29, 0.717) is 6.54 Å². The van der Waals surface area contributed by atoms with Gasteiger partial charge in [-0.3, -0.25) is 4.90 Å². The Balaban J connectivity index is 1.11. The monoisotopic (exact) mass is 448 g/mol. The van der Waals surface area contributed by atoms with Gasteiger partial charge in [0.1, 0.15) is 17.9 Å². The molecule has 0 spiro atoms. The molecule has 2 N–H and O–H groups in total. The molecule has 1 atom stereocenters. The molecule has 0 saturated heterocycles. The van der Waals surface area contributed by atoms with Crippen molar-refractivity contribution in [2.45, 2.75) is 64.1 Å². The highest BCUT2D eigenvalue weighted by molar-refractivity contribution is 5.47. The first kappa shape index (κ1) is 21.4. The van der Waals surface area contributed by atoms with Crippen LogP contribution in [0.2, 0.25) is 0 Å². The maximum absolute atomic E-state index is 11.3. The van der Waals surface area contributed by atoms with Gasteiger partial charge in [-0.1, -0.05) is 12.1 Å². The summed E-state index contributed by atoms with van der Waals surface area (Å²) in [4.78, 5) is 11.6. The average molecular weight is 449 g/mol. The van der Waals surface area contributed by atoms with Gasteiger partial charge < -0.3 is 15.2 Å². The number of aromatic nitrogens is 2. The van der Waals surface area contributed by atoms with E-state index in [9.17, 15) is 5.11 Å². The summed E-state index contributed by atoms with van der Waals surface area (Å²) >= 11 is 0. The second-order valence-corrected chi connectivity index (χ2v) is 11.1. The zero-order valence-corrected chi connectivity index (χ0v) is 19.7. The molecule has 1 aliphatic heterocycles. The molecule has 4 aliphatic carbocycles. The third-order valence-electron chi connectivity index (χ3n) is 8.88. The molecular weight excluding hydrogens is 412 g/mol. The predicted molar refractivity (Wildman–Crippen MR) is 128 cm³/mol. The van der Waals surface area contributed by atoms with E-state index in [1.165, 1.54) is 49.7 Å². The number of aliphatic hydroxyl groups is 1. The van der Waals surface area contributed by atoms with Crippen LogP contribution < -0.4 is 10.1 Å². The molecule has 33 heavy (non-hydrogen) atoms. The summed E-state index contributed by atoms with van der Waals surface area (Å²) in [6, 6.07) is 8.29. The molecule has 5 aliphatic rings. The number of ether oxygens (including phenoxy) is 1. The Hall–Kier alpha value is -2.18. The normalized spacial score (nSPS) is 31.3. The number of hydrogen-bond acceptors (Lipinski definition) is 6. The van der Waals surface area contributed by atoms with Gasteiger partial charge in [0.2, 0.25) is 0 Å². The van der Waals surface area contributed by atoms with E-state index in [0.717, 1.165) is 61.1 Å². The van der Waals surface area contributed by atoms with Gasteiger partial charge in [-0.2, -0.15) is 0 Å². The highest BCUT2D eigenvalue weighted by atomic mass is 16.5. The molecule has 0 amide bonds. The van der Waals surface area contributed by atoms with Crippen LogP contribution in [0.4, 0.5) is 5.82 Å². The van der Waals surface area contributed by atoms with Crippen molar-refractivity contribution >= 4 is 5.82 Å². The Morgan fingerprint density at radius 1 is 1.15 bits per heavy atom. The van der Waals surface area contributed by atoms with E-state index in [-0.39, 0.29) is 11.5 Å². The third kappa shape index (κ3) is 4.12. The molecule has 176 valence electrons. The summed E-state index contributed by atoms with van der Waals surface area (Å²) in [5.74, 6) is 4.39. The van der Waals surface area contributed by atoms with E-state index < -0.39 is 0 Å². The fourth-order valence-electron chi connectivity index (χ4n) is 7.72. The Morgan fingerprint density at radius 3 is 2.64 bits per heavy atom. The fourth-order valence-corrected chi connectivity index (χ4v) is 7.72. The molecule has 2 aromatic rings. The van der Waals surface area contributed by atoms with Crippen LogP contribution >= 0.6 is 0 Å². The number of aliphatic hydroxyl groups excluding tert-OH is 1. The number of fused-ring (bicyclic) bond motifs is 1. The molecule has 4 saturated carbocycles. The number of nitrogens with zero attached hydrogens (tertiary/aromatic N) is 3. The highest BCUT2D eigenvalue weighted by Gasteiger charge is 2.53. The number of hydrogen-bond donors (Lipinski definition) is 2. The van der Waals surface area contributed by atoms with Crippen LogP contribution in [0.25, 0.3) is 0 Å². The van der Waals surface area contributed by atoms with Gasteiger partial charge >= 0.3 is 0 Å². The number of methoxy groups -OCH3 is 1. The predicted octanol–water partition coefficient (Wildman–Crippen LogP) is 4.03. The summed E-state index contributed by atoms with van der Waals surface area (Å²) < 4.78 is 5.37. The van der Waals surface area contributed by atoms with Gasteiger partial charge in [-0.05, 0) is 85.8 Å². The Morgan fingerprint density at radius 2 is 1.91 bits per heavy atom. The standard InChI is InChI=1S/C27H36N4O2/c1-33-22-4-2-3-18(10-22)15-31-6-5-23-24(16-31)29-17-30-26(23)28-14-25(32)27-11-19-7-20(12-27)9-21(8-19)13-27/h2-4,10,17,19-21,25,32H,5-9,11-16H2,1H3,(H,28,29,30). The van der Waals surface area contributed by atoms with Gasteiger partial charge in [0.05, 0.1) is 18.9 Å². The lowest BCUT2D eigenvalue weighted by Crippen LogP contribution is -2.53. The molecule has 4 bridgehead atoms. The van der Waals surface area contributed by atoms with Gasteiger partial charge in [0.25, 0.3) is 0 Å². The minimum absolute atomic E-state index is 0.141. The maximum atomic E-state index is 11.3. The molecule has 4 fully saturated rings. The lowest BCUT2D eigenvalue weighted by Gasteiger charge is -2.58. The molecule has 0 radical (unpaired) electrons. The summed E-state index contributed by atoms with van der Waals surface area (Å²) in [6.07, 6.45) is 10.2. The minimum Gasteiger partial charge on any atom is -0.497 e. The Bertz CT molecular complexity index is 974. The number of benzene rings is 1. The van der Waals surface area contributed by atoms with Crippen molar-refractivity contribution in [3.05, 3.63) is 47.4 Å². The van der Waals surface area contributed by atoms with E-state index >= 15 is 0 Å². The zero-order valence-electron chi connectivity index (χ0n) is 19.7. The Labute approximate surface area is 196 Å². The van der Waals surface area contributed by atoms with Crippen LogP contribution in [0.15, 0.2) is 30.6 Å². The van der Waals surface area contributed by atoms with Crippen molar-refractivity contribution in [3.63, 3.8) is 0 Å². The van der Waals surface area contributed by atoms with Crippen molar-refractivity contribution in [1.29, 1.82) is 0 Å². The van der Waals surface area contributed by atoms with Crippen LogP contribution in [0.5, 0.6) is 5.75 Å². The van der Waals surface area contributed by atoms with Crippen molar-refractivity contribution < 1.29 is 9.84 Å². The van der Waals surface area contributed by atoms with Crippen LogP contribution in [-0.4, -0.2) is 46.3 Å². The summed E-state index contributed by atoms with van der Waals surface area (Å²) in [7, 11) is 1.71. The molecular formula is C27H36N4O2. The van der Waals surface area contributed by atoms with Gasteiger partial charge in [-0.25, -0.2) is 9.97 Å². The van der Waals surface area contributed by atoms with Crippen molar-refractivity contribution in [2.24, 2.45) is 23.2 Å². The SMILES string of the molecule is COc1cccc(CN2CCc3c(ncnc3NCC(O)C34CC5CC(CC(C5)C3)C4)C2)c1. The first-order valence-corrected chi connectivity index (χ1v) is 12.7. The largest absolute Gasteiger partial charge is 0.497 e.